The van der Waals surface area contributed by atoms with E-state index < -0.39 is 0 Å². The number of likely N-dealkylation sites (N-methyl/N-ethyl adjacent to an activating group) is 1. The lowest BCUT2D eigenvalue weighted by atomic mass is 9.95. The number of likely N-dealkylation sites (tertiary alicyclic amines) is 1. The normalized spacial score (nSPS) is 18.3. The second-order valence-electron chi connectivity index (χ2n) is 6.91. The molecule has 6 heteroatoms. The third-order valence-electron chi connectivity index (χ3n) is 5.12. The first-order chi connectivity index (χ1) is 12.6. The van der Waals surface area contributed by atoms with Crippen molar-refractivity contribution in [3.8, 4) is 0 Å². The molecule has 1 fully saturated rings. The van der Waals surface area contributed by atoms with E-state index in [0.717, 1.165) is 31.5 Å². The molecule has 3 rings (SSSR count). The molecule has 2 N–H and O–H groups in total. The van der Waals surface area contributed by atoms with Crippen LogP contribution in [0, 0.1) is 0 Å². The van der Waals surface area contributed by atoms with Crippen molar-refractivity contribution >= 4 is 11.7 Å². The molecule has 0 spiro atoms. The molecule has 1 aliphatic rings. The first-order valence-electron chi connectivity index (χ1n) is 9.19. The summed E-state index contributed by atoms with van der Waals surface area (Å²) in [6.45, 7) is 4.26. The number of nitrogens with zero attached hydrogens (tertiary/aromatic N) is 4. The first-order valence-corrected chi connectivity index (χ1v) is 9.19. The van der Waals surface area contributed by atoms with Crippen molar-refractivity contribution in [2.24, 2.45) is 0 Å². The highest BCUT2D eigenvalue weighted by Crippen LogP contribution is 2.25. The first kappa shape index (κ1) is 18.3. The molecular weight excluding hydrogens is 326 g/mol. The van der Waals surface area contributed by atoms with Gasteiger partial charge in [-0.3, -0.25) is 9.69 Å². The van der Waals surface area contributed by atoms with Crippen LogP contribution >= 0.6 is 0 Å². The lowest BCUT2D eigenvalue weighted by molar-refractivity contribution is -0.132. The van der Waals surface area contributed by atoms with Gasteiger partial charge in [-0.05, 0) is 31.5 Å². The maximum atomic E-state index is 13.0. The lowest BCUT2D eigenvalue weighted by Crippen LogP contribution is -2.38. The minimum Gasteiger partial charge on any atom is -0.384 e. The standard InChI is InChI=1S/C20H27N5O/c1-3-17(15-7-5-4-6-8-15)20(26)25-12-10-16(13-25)24(2)14-19-22-11-9-18(21)23-19/h4-9,11,16-17H,3,10,12-14H2,1-2H3,(H2,21,22,23)/t16-,17+/m0/s1. The van der Waals surface area contributed by atoms with Gasteiger partial charge in [-0.15, -0.1) is 0 Å². The van der Waals surface area contributed by atoms with E-state index in [1.165, 1.54) is 0 Å². The topological polar surface area (TPSA) is 75.4 Å². The molecule has 6 nitrogen and oxygen atoms in total. The Labute approximate surface area is 155 Å². The Hall–Kier alpha value is -2.47. The van der Waals surface area contributed by atoms with Gasteiger partial charge in [0.25, 0.3) is 0 Å². The summed E-state index contributed by atoms with van der Waals surface area (Å²) in [5.41, 5.74) is 6.83. The Bertz CT molecular complexity index is 736. The van der Waals surface area contributed by atoms with Crippen LogP contribution in [0.3, 0.4) is 0 Å². The fourth-order valence-electron chi connectivity index (χ4n) is 3.60. The molecule has 1 amide bonds. The molecule has 0 radical (unpaired) electrons. The Kier molecular flexibility index (Phi) is 5.83. The second-order valence-corrected chi connectivity index (χ2v) is 6.91. The Morgan fingerprint density at radius 3 is 2.81 bits per heavy atom. The van der Waals surface area contributed by atoms with Crippen LogP contribution in [-0.4, -0.2) is 51.9 Å². The van der Waals surface area contributed by atoms with Crippen molar-refractivity contribution in [1.29, 1.82) is 0 Å². The van der Waals surface area contributed by atoms with E-state index in [9.17, 15) is 4.79 Å². The predicted octanol–water partition coefficient (Wildman–Crippen LogP) is 2.29. The molecule has 26 heavy (non-hydrogen) atoms. The van der Waals surface area contributed by atoms with Gasteiger partial charge < -0.3 is 10.6 Å². The van der Waals surface area contributed by atoms with Gasteiger partial charge in [-0.1, -0.05) is 37.3 Å². The van der Waals surface area contributed by atoms with E-state index in [4.69, 9.17) is 5.73 Å². The number of amides is 1. The van der Waals surface area contributed by atoms with Crippen LogP contribution in [0.25, 0.3) is 0 Å². The zero-order valence-electron chi connectivity index (χ0n) is 15.5. The average Bonchev–Trinajstić information content (AvgIpc) is 3.13. The van der Waals surface area contributed by atoms with Crippen molar-refractivity contribution in [3.63, 3.8) is 0 Å². The van der Waals surface area contributed by atoms with Crippen molar-refractivity contribution in [2.75, 3.05) is 25.9 Å². The Morgan fingerprint density at radius 2 is 2.12 bits per heavy atom. The van der Waals surface area contributed by atoms with Crippen LogP contribution in [0.2, 0.25) is 0 Å². The minimum absolute atomic E-state index is 0.0579. The van der Waals surface area contributed by atoms with Crippen molar-refractivity contribution in [2.45, 2.75) is 38.3 Å². The Balaban J connectivity index is 1.61. The van der Waals surface area contributed by atoms with Gasteiger partial charge in [-0.25, -0.2) is 9.97 Å². The number of aromatic nitrogens is 2. The smallest absolute Gasteiger partial charge is 0.230 e. The molecule has 2 aromatic rings. The predicted molar refractivity (Wildman–Crippen MR) is 102 cm³/mol. The molecule has 1 aromatic carbocycles. The van der Waals surface area contributed by atoms with Gasteiger partial charge in [0.05, 0.1) is 12.5 Å². The number of nitrogen functional groups attached to an aromatic ring is 1. The molecule has 0 aliphatic carbocycles. The number of hydrogen-bond acceptors (Lipinski definition) is 5. The number of anilines is 1. The summed E-state index contributed by atoms with van der Waals surface area (Å²) in [6.07, 6.45) is 3.47. The van der Waals surface area contributed by atoms with E-state index in [0.29, 0.717) is 24.2 Å². The number of carbonyl (C=O) groups is 1. The van der Waals surface area contributed by atoms with E-state index in [2.05, 4.69) is 28.8 Å². The van der Waals surface area contributed by atoms with Crippen LogP contribution in [0.15, 0.2) is 42.6 Å². The summed E-state index contributed by atoms with van der Waals surface area (Å²) < 4.78 is 0. The number of benzene rings is 1. The molecule has 138 valence electrons. The quantitative estimate of drug-likeness (QED) is 0.862. The zero-order chi connectivity index (χ0) is 18.5. The molecule has 1 aromatic heterocycles. The highest BCUT2D eigenvalue weighted by molar-refractivity contribution is 5.84. The SMILES string of the molecule is CC[C@@H](C(=O)N1CC[C@H](N(C)Cc2nccc(N)n2)C1)c1ccccc1. The number of hydrogen-bond donors (Lipinski definition) is 1. The molecule has 0 bridgehead atoms. The molecule has 2 atom stereocenters. The van der Waals surface area contributed by atoms with Crippen LogP contribution in [0.1, 0.15) is 37.1 Å². The van der Waals surface area contributed by atoms with Gasteiger partial charge in [0.1, 0.15) is 11.6 Å². The summed E-state index contributed by atoms with van der Waals surface area (Å²) in [6, 6.07) is 12.1. The van der Waals surface area contributed by atoms with Crippen molar-refractivity contribution in [3.05, 3.63) is 54.0 Å². The van der Waals surface area contributed by atoms with Crippen LogP contribution < -0.4 is 5.73 Å². The molecule has 0 unspecified atom stereocenters. The molecular formula is C20H27N5O. The van der Waals surface area contributed by atoms with Crippen LogP contribution in [-0.2, 0) is 11.3 Å². The number of carbonyl (C=O) groups excluding carboxylic acids is 1. The number of nitrogens with two attached hydrogens (primary N) is 1. The fraction of sp³-hybridized carbons (Fsp3) is 0.450. The largest absolute Gasteiger partial charge is 0.384 e. The van der Waals surface area contributed by atoms with Gasteiger partial charge in [0.15, 0.2) is 0 Å². The third kappa shape index (κ3) is 4.19. The fourth-order valence-corrected chi connectivity index (χ4v) is 3.60. The Morgan fingerprint density at radius 1 is 1.35 bits per heavy atom. The second kappa shape index (κ2) is 8.27. The lowest BCUT2D eigenvalue weighted by Gasteiger charge is -2.26. The monoisotopic (exact) mass is 353 g/mol. The highest BCUT2D eigenvalue weighted by atomic mass is 16.2. The van der Waals surface area contributed by atoms with Gasteiger partial charge >= 0.3 is 0 Å². The summed E-state index contributed by atoms with van der Waals surface area (Å²) in [5.74, 6) is 1.38. The van der Waals surface area contributed by atoms with Crippen LogP contribution in [0.4, 0.5) is 5.82 Å². The summed E-state index contributed by atoms with van der Waals surface area (Å²) in [4.78, 5) is 25.8. The highest BCUT2D eigenvalue weighted by Gasteiger charge is 2.32. The van der Waals surface area contributed by atoms with Crippen LogP contribution in [0.5, 0.6) is 0 Å². The number of rotatable bonds is 6. The average molecular weight is 353 g/mol. The van der Waals surface area contributed by atoms with Crippen molar-refractivity contribution < 1.29 is 4.79 Å². The third-order valence-corrected chi connectivity index (χ3v) is 5.12. The van der Waals surface area contributed by atoms with Crippen molar-refractivity contribution in [1.82, 2.24) is 19.8 Å². The van der Waals surface area contributed by atoms with E-state index in [1.807, 2.05) is 35.2 Å². The summed E-state index contributed by atoms with van der Waals surface area (Å²) in [7, 11) is 2.06. The molecule has 1 saturated heterocycles. The summed E-state index contributed by atoms with van der Waals surface area (Å²) >= 11 is 0. The van der Waals surface area contributed by atoms with E-state index >= 15 is 0 Å². The summed E-state index contributed by atoms with van der Waals surface area (Å²) in [5, 5.41) is 0. The van der Waals surface area contributed by atoms with Gasteiger partial charge in [-0.2, -0.15) is 0 Å². The van der Waals surface area contributed by atoms with E-state index in [1.54, 1.807) is 12.3 Å². The maximum Gasteiger partial charge on any atom is 0.230 e. The molecule has 1 aliphatic heterocycles. The maximum absolute atomic E-state index is 13.0. The molecule has 2 heterocycles. The minimum atomic E-state index is -0.0579. The van der Waals surface area contributed by atoms with Gasteiger partial charge in [0, 0.05) is 25.3 Å². The molecule has 0 saturated carbocycles. The van der Waals surface area contributed by atoms with E-state index in [-0.39, 0.29) is 11.8 Å². The van der Waals surface area contributed by atoms with Gasteiger partial charge in [0.2, 0.25) is 5.91 Å². The zero-order valence-corrected chi connectivity index (χ0v) is 15.5.